The Morgan fingerprint density at radius 3 is 2.89 bits per heavy atom. The maximum Gasteiger partial charge on any atom is 0.255 e. The van der Waals surface area contributed by atoms with E-state index in [0.717, 1.165) is 0 Å². The van der Waals surface area contributed by atoms with Gasteiger partial charge in [-0.05, 0) is 18.4 Å². The van der Waals surface area contributed by atoms with Crippen LogP contribution in [-0.4, -0.2) is 47.2 Å². The molecule has 98 valence electrons. The van der Waals surface area contributed by atoms with E-state index in [4.69, 9.17) is 4.74 Å². The molecule has 2 unspecified atom stereocenters. The summed E-state index contributed by atoms with van der Waals surface area (Å²) in [6.07, 6.45) is 1.86. The van der Waals surface area contributed by atoms with Crippen LogP contribution in [0.1, 0.15) is 23.7 Å². The summed E-state index contributed by atoms with van der Waals surface area (Å²) in [5.41, 5.74) is 0.555. The van der Waals surface area contributed by atoms with Crippen molar-refractivity contribution in [3.8, 4) is 5.88 Å². The number of aliphatic hydroxyl groups is 1. The number of likely N-dealkylation sites (tertiary alicyclic amines) is 1. The highest BCUT2D eigenvalue weighted by molar-refractivity contribution is 5.94. The number of nitrogens with zero attached hydrogens (tertiary/aromatic N) is 2. The van der Waals surface area contributed by atoms with Crippen molar-refractivity contribution in [3.63, 3.8) is 0 Å². The van der Waals surface area contributed by atoms with Crippen LogP contribution in [0.4, 0.5) is 0 Å². The largest absolute Gasteiger partial charge is 0.481 e. The molecule has 1 aromatic heterocycles. The van der Waals surface area contributed by atoms with Crippen LogP contribution in [-0.2, 0) is 0 Å². The summed E-state index contributed by atoms with van der Waals surface area (Å²) >= 11 is 0. The van der Waals surface area contributed by atoms with Gasteiger partial charge in [-0.1, -0.05) is 6.92 Å². The van der Waals surface area contributed by atoms with E-state index in [1.54, 1.807) is 17.0 Å². The van der Waals surface area contributed by atoms with Gasteiger partial charge in [0.25, 0.3) is 5.91 Å². The van der Waals surface area contributed by atoms with E-state index in [2.05, 4.69) is 4.98 Å². The fourth-order valence-corrected chi connectivity index (χ4v) is 2.13. The minimum atomic E-state index is -0.303. The third-order valence-electron chi connectivity index (χ3n) is 3.34. The molecule has 2 atom stereocenters. The molecule has 5 nitrogen and oxygen atoms in total. The number of aromatic nitrogens is 1. The summed E-state index contributed by atoms with van der Waals surface area (Å²) in [7, 11) is 1.54. The molecule has 2 heterocycles. The number of rotatable bonds is 2. The average Bonchev–Trinajstić information content (AvgIpc) is 2.41. The van der Waals surface area contributed by atoms with E-state index in [-0.39, 0.29) is 17.9 Å². The lowest BCUT2D eigenvalue weighted by Crippen LogP contribution is -2.44. The highest BCUT2D eigenvalue weighted by atomic mass is 16.5. The zero-order valence-electron chi connectivity index (χ0n) is 10.7. The molecular formula is C13H18N2O3. The molecular weight excluding hydrogens is 232 g/mol. The lowest BCUT2D eigenvalue weighted by molar-refractivity contribution is 0.0297. The zero-order valence-corrected chi connectivity index (χ0v) is 10.7. The Morgan fingerprint density at radius 2 is 2.33 bits per heavy atom. The van der Waals surface area contributed by atoms with Gasteiger partial charge in [-0.25, -0.2) is 4.98 Å². The highest BCUT2D eigenvalue weighted by Gasteiger charge is 2.27. The lowest BCUT2D eigenvalue weighted by Gasteiger charge is -2.34. The SMILES string of the molecule is COc1ccc(C(=O)N2CCC(O)C(C)C2)cn1. The molecule has 0 aliphatic carbocycles. The smallest absolute Gasteiger partial charge is 0.255 e. The molecule has 0 aromatic carbocycles. The van der Waals surface area contributed by atoms with E-state index in [9.17, 15) is 9.90 Å². The zero-order chi connectivity index (χ0) is 13.1. The fourth-order valence-electron chi connectivity index (χ4n) is 2.13. The summed E-state index contributed by atoms with van der Waals surface area (Å²) in [6, 6.07) is 3.39. The average molecular weight is 250 g/mol. The van der Waals surface area contributed by atoms with Crippen molar-refractivity contribution in [1.82, 2.24) is 9.88 Å². The number of carbonyl (C=O) groups is 1. The van der Waals surface area contributed by atoms with Gasteiger partial charge < -0.3 is 14.7 Å². The Hall–Kier alpha value is -1.62. The highest BCUT2D eigenvalue weighted by Crippen LogP contribution is 2.19. The van der Waals surface area contributed by atoms with Gasteiger partial charge in [0.2, 0.25) is 5.88 Å². The minimum Gasteiger partial charge on any atom is -0.481 e. The molecule has 1 saturated heterocycles. The molecule has 5 heteroatoms. The number of hydrogen-bond acceptors (Lipinski definition) is 4. The van der Waals surface area contributed by atoms with Gasteiger partial charge in [-0.3, -0.25) is 4.79 Å². The lowest BCUT2D eigenvalue weighted by atomic mass is 9.96. The quantitative estimate of drug-likeness (QED) is 0.848. The van der Waals surface area contributed by atoms with Gasteiger partial charge in [0.15, 0.2) is 0 Å². The van der Waals surface area contributed by atoms with Crippen molar-refractivity contribution in [3.05, 3.63) is 23.9 Å². The molecule has 2 rings (SSSR count). The Kier molecular flexibility index (Phi) is 3.81. The van der Waals surface area contributed by atoms with Crippen molar-refractivity contribution < 1.29 is 14.6 Å². The monoisotopic (exact) mass is 250 g/mol. The van der Waals surface area contributed by atoms with Crippen LogP contribution in [0.2, 0.25) is 0 Å². The van der Waals surface area contributed by atoms with Crippen LogP contribution in [0.5, 0.6) is 5.88 Å². The number of piperidine rings is 1. The summed E-state index contributed by atoms with van der Waals surface area (Å²) < 4.78 is 4.96. The fraction of sp³-hybridized carbons (Fsp3) is 0.538. The third-order valence-corrected chi connectivity index (χ3v) is 3.34. The third kappa shape index (κ3) is 2.61. The number of pyridine rings is 1. The molecule has 0 bridgehead atoms. The van der Waals surface area contributed by atoms with Crippen molar-refractivity contribution >= 4 is 5.91 Å². The Bertz CT molecular complexity index is 419. The number of carbonyl (C=O) groups excluding carboxylic acids is 1. The maximum absolute atomic E-state index is 12.2. The first kappa shape index (κ1) is 12.8. The van der Waals surface area contributed by atoms with Gasteiger partial charge in [-0.2, -0.15) is 0 Å². The van der Waals surface area contributed by atoms with Crippen LogP contribution < -0.4 is 4.74 Å². The summed E-state index contributed by atoms with van der Waals surface area (Å²) in [5.74, 6) is 0.576. The predicted octanol–water partition coefficient (Wildman–Crippen LogP) is 0.933. The molecule has 0 spiro atoms. The standard InChI is InChI=1S/C13H18N2O3/c1-9-8-15(6-5-11(9)16)13(17)10-3-4-12(18-2)14-7-10/h3-4,7,9,11,16H,5-6,8H2,1-2H3. The molecule has 1 amide bonds. The molecule has 1 aliphatic heterocycles. The van der Waals surface area contributed by atoms with E-state index in [0.29, 0.717) is 31.0 Å². The molecule has 1 N–H and O–H groups in total. The first-order valence-corrected chi connectivity index (χ1v) is 6.09. The summed E-state index contributed by atoms with van der Waals surface area (Å²) in [4.78, 5) is 18.0. The molecule has 18 heavy (non-hydrogen) atoms. The Balaban J connectivity index is 2.06. The van der Waals surface area contributed by atoms with Crippen molar-refractivity contribution in [2.75, 3.05) is 20.2 Å². The number of aliphatic hydroxyl groups excluding tert-OH is 1. The van der Waals surface area contributed by atoms with Gasteiger partial charge >= 0.3 is 0 Å². The van der Waals surface area contributed by atoms with E-state index in [1.165, 1.54) is 13.3 Å². The van der Waals surface area contributed by atoms with Crippen LogP contribution in [0.3, 0.4) is 0 Å². The molecule has 1 aliphatic rings. The van der Waals surface area contributed by atoms with Crippen LogP contribution >= 0.6 is 0 Å². The number of amides is 1. The molecule has 0 saturated carbocycles. The van der Waals surface area contributed by atoms with Crippen molar-refractivity contribution in [2.45, 2.75) is 19.4 Å². The molecule has 1 fully saturated rings. The van der Waals surface area contributed by atoms with E-state index in [1.807, 2.05) is 6.92 Å². The second-order valence-electron chi connectivity index (χ2n) is 4.67. The second kappa shape index (κ2) is 5.35. The van der Waals surface area contributed by atoms with Gasteiger partial charge in [-0.15, -0.1) is 0 Å². The normalized spacial score (nSPS) is 23.8. The van der Waals surface area contributed by atoms with Crippen LogP contribution in [0, 0.1) is 5.92 Å². The van der Waals surface area contributed by atoms with Crippen molar-refractivity contribution in [2.24, 2.45) is 5.92 Å². The van der Waals surface area contributed by atoms with E-state index >= 15 is 0 Å². The van der Waals surface area contributed by atoms with Gasteiger partial charge in [0.05, 0.1) is 18.8 Å². The predicted molar refractivity (Wildman–Crippen MR) is 66.5 cm³/mol. The molecule has 1 aromatic rings. The van der Waals surface area contributed by atoms with Crippen LogP contribution in [0.15, 0.2) is 18.3 Å². The topological polar surface area (TPSA) is 62.7 Å². The Labute approximate surface area is 106 Å². The summed E-state index contributed by atoms with van der Waals surface area (Å²) in [5, 5.41) is 9.65. The summed E-state index contributed by atoms with van der Waals surface area (Å²) in [6.45, 7) is 3.14. The number of hydrogen-bond donors (Lipinski definition) is 1. The van der Waals surface area contributed by atoms with Gasteiger partial charge in [0, 0.05) is 25.4 Å². The van der Waals surface area contributed by atoms with Crippen molar-refractivity contribution in [1.29, 1.82) is 0 Å². The number of methoxy groups -OCH3 is 1. The van der Waals surface area contributed by atoms with Crippen LogP contribution in [0.25, 0.3) is 0 Å². The Morgan fingerprint density at radius 1 is 1.56 bits per heavy atom. The maximum atomic E-state index is 12.2. The second-order valence-corrected chi connectivity index (χ2v) is 4.67. The first-order chi connectivity index (χ1) is 8.61. The van der Waals surface area contributed by atoms with Gasteiger partial charge in [0.1, 0.15) is 0 Å². The minimum absolute atomic E-state index is 0.0381. The first-order valence-electron chi connectivity index (χ1n) is 6.09. The van der Waals surface area contributed by atoms with E-state index < -0.39 is 0 Å². The number of ether oxygens (including phenoxy) is 1. The molecule has 0 radical (unpaired) electrons.